The highest BCUT2D eigenvalue weighted by Gasteiger charge is 2.26. The van der Waals surface area contributed by atoms with Crippen LogP contribution in [0.15, 0.2) is 36.5 Å². The molecular formula is C17H19FN4O. The predicted octanol–water partition coefficient (Wildman–Crippen LogP) is 2.26. The molecule has 1 aliphatic rings. The van der Waals surface area contributed by atoms with E-state index in [1.807, 2.05) is 6.07 Å². The van der Waals surface area contributed by atoms with Crippen molar-refractivity contribution in [2.24, 2.45) is 0 Å². The average Bonchev–Trinajstić information content (AvgIpc) is 3.37. The van der Waals surface area contributed by atoms with E-state index in [-0.39, 0.29) is 18.1 Å². The number of benzene rings is 1. The number of amides is 1. The van der Waals surface area contributed by atoms with Crippen molar-refractivity contribution >= 4 is 11.7 Å². The Kier molecular flexibility index (Phi) is 4.80. The number of carbonyl (C=O) groups excluding carboxylic acids is 1. The molecule has 1 saturated carbocycles. The number of halogens is 1. The van der Waals surface area contributed by atoms with Gasteiger partial charge >= 0.3 is 0 Å². The van der Waals surface area contributed by atoms with Gasteiger partial charge in [-0.25, -0.2) is 14.4 Å². The lowest BCUT2D eigenvalue weighted by atomic mass is 10.1. The van der Waals surface area contributed by atoms with Gasteiger partial charge in [-0.2, -0.15) is 0 Å². The number of rotatable bonds is 7. The van der Waals surface area contributed by atoms with Crippen LogP contribution < -0.4 is 10.6 Å². The summed E-state index contributed by atoms with van der Waals surface area (Å²) >= 11 is 0. The molecule has 1 aromatic heterocycles. The van der Waals surface area contributed by atoms with Crippen LogP contribution in [0, 0.1) is 5.82 Å². The molecule has 0 atom stereocenters. The Morgan fingerprint density at radius 2 is 2.13 bits per heavy atom. The highest BCUT2D eigenvalue weighted by Crippen LogP contribution is 2.37. The zero-order valence-electron chi connectivity index (χ0n) is 12.8. The van der Waals surface area contributed by atoms with Crippen molar-refractivity contribution in [2.45, 2.75) is 25.2 Å². The van der Waals surface area contributed by atoms with Gasteiger partial charge in [0.15, 0.2) is 0 Å². The Morgan fingerprint density at radius 3 is 2.91 bits per heavy atom. The fraction of sp³-hybridized carbons (Fsp3) is 0.353. The summed E-state index contributed by atoms with van der Waals surface area (Å²) in [6.45, 7) is 1.06. The monoisotopic (exact) mass is 314 g/mol. The van der Waals surface area contributed by atoms with E-state index in [9.17, 15) is 9.18 Å². The van der Waals surface area contributed by atoms with Gasteiger partial charge in [-0.05, 0) is 36.6 Å². The lowest BCUT2D eigenvalue weighted by Gasteiger charge is -2.08. The van der Waals surface area contributed by atoms with Crippen LogP contribution in [-0.2, 0) is 11.2 Å². The summed E-state index contributed by atoms with van der Waals surface area (Å²) in [5.41, 5.74) is 0.667. The number of nitrogens with zero attached hydrogens (tertiary/aromatic N) is 2. The Morgan fingerprint density at radius 1 is 1.26 bits per heavy atom. The Bertz CT molecular complexity index is 688. The van der Waals surface area contributed by atoms with Crippen molar-refractivity contribution in [1.82, 2.24) is 15.3 Å². The van der Waals surface area contributed by atoms with E-state index in [2.05, 4.69) is 20.6 Å². The molecule has 0 unspecified atom stereocenters. The molecule has 1 heterocycles. The molecule has 1 fully saturated rings. The van der Waals surface area contributed by atoms with E-state index < -0.39 is 0 Å². The van der Waals surface area contributed by atoms with Crippen LogP contribution in [0.5, 0.6) is 0 Å². The Balaban J connectivity index is 1.39. The first kappa shape index (κ1) is 15.4. The molecular weight excluding hydrogens is 295 g/mol. The fourth-order valence-corrected chi connectivity index (χ4v) is 2.30. The third kappa shape index (κ3) is 4.74. The standard InChI is InChI=1S/C17H19FN4O/c18-14-3-1-2-12(10-14)11-16(23)20-9-8-19-15-6-7-21-17(22-15)13-4-5-13/h1-3,6-7,10,13H,4-5,8-9,11H2,(H,20,23)(H,19,21,22). The fourth-order valence-electron chi connectivity index (χ4n) is 2.30. The van der Waals surface area contributed by atoms with Gasteiger partial charge in [-0.3, -0.25) is 4.79 Å². The molecule has 0 bridgehead atoms. The van der Waals surface area contributed by atoms with Crippen LogP contribution in [-0.4, -0.2) is 29.0 Å². The zero-order chi connectivity index (χ0) is 16.1. The second kappa shape index (κ2) is 7.17. The topological polar surface area (TPSA) is 66.9 Å². The van der Waals surface area contributed by atoms with Crippen LogP contribution in [0.2, 0.25) is 0 Å². The van der Waals surface area contributed by atoms with Crippen LogP contribution in [0.1, 0.15) is 30.1 Å². The Hall–Kier alpha value is -2.50. The minimum Gasteiger partial charge on any atom is -0.368 e. The van der Waals surface area contributed by atoms with Gasteiger partial charge in [0, 0.05) is 25.2 Å². The van der Waals surface area contributed by atoms with Gasteiger partial charge < -0.3 is 10.6 Å². The second-order valence-electron chi connectivity index (χ2n) is 5.66. The number of hydrogen-bond acceptors (Lipinski definition) is 4. The molecule has 6 heteroatoms. The average molecular weight is 314 g/mol. The molecule has 0 radical (unpaired) electrons. The van der Waals surface area contributed by atoms with Crippen molar-refractivity contribution in [1.29, 1.82) is 0 Å². The van der Waals surface area contributed by atoms with Crippen molar-refractivity contribution in [2.75, 3.05) is 18.4 Å². The van der Waals surface area contributed by atoms with Crippen molar-refractivity contribution in [3.63, 3.8) is 0 Å². The van der Waals surface area contributed by atoms with E-state index >= 15 is 0 Å². The van der Waals surface area contributed by atoms with Crippen molar-refractivity contribution in [3.8, 4) is 0 Å². The number of anilines is 1. The predicted molar refractivity (Wildman–Crippen MR) is 85.6 cm³/mol. The first-order valence-corrected chi connectivity index (χ1v) is 7.78. The molecule has 1 aromatic carbocycles. The zero-order valence-corrected chi connectivity index (χ0v) is 12.8. The van der Waals surface area contributed by atoms with Gasteiger partial charge in [0.1, 0.15) is 17.5 Å². The summed E-state index contributed by atoms with van der Waals surface area (Å²) in [6, 6.07) is 7.90. The van der Waals surface area contributed by atoms with Gasteiger partial charge in [0.2, 0.25) is 5.91 Å². The SMILES string of the molecule is O=C(Cc1cccc(F)c1)NCCNc1ccnc(C2CC2)n1. The first-order valence-electron chi connectivity index (χ1n) is 7.78. The lowest BCUT2D eigenvalue weighted by molar-refractivity contribution is -0.120. The molecule has 0 spiro atoms. The highest BCUT2D eigenvalue weighted by molar-refractivity contribution is 5.78. The second-order valence-corrected chi connectivity index (χ2v) is 5.66. The Labute approximate surface area is 134 Å². The molecule has 1 amide bonds. The van der Waals surface area contributed by atoms with Crippen LogP contribution in [0.4, 0.5) is 10.2 Å². The molecule has 2 N–H and O–H groups in total. The van der Waals surface area contributed by atoms with E-state index in [4.69, 9.17) is 0 Å². The van der Waals surface area contributed by atoms with Crippen molar-refractivity contribution < 1.29 is 9.18 Å². The van der Waals surface area contributed by atoms with Crippen molar-refractivity contribution in [3.05, 3.63) is 53.7 Å². The molecule has 5 nitrogen and oxygen atoms in total. The summed E-state index contributed by atoms with van der Waals surface area (Å²) in [5, 5.41) is 5.97. The molecule has 2 aromatic rings. The smallest absolute Gasteiger partial charge is 0.224 e. The van der Waals surface area contributed by atoms with Crippen LogP contribution in [0.3, 0.4) is 0 Å². The third-order valence-corrected chi connectivity index (χ3v) is 3.62. The normalized spacial score (nSPS) is 13.6. The molecule has 0 saturated heterocycles. The van der Waals surface area contributed by atoms with Crippen LogP contribution in [0.25, 0.3) is 0 Å². The maximum Gasteiger partial charge on any atom is 0.224 e. The van der Waals surface area contributed by atoms with Gasteiger partial charge in [-0.1, -0.05) is 12.1 Å². The molecule has 3 rings (SSSR count). The van der Waals surface area contributed by atoms with E-state index in [1.54, 1.807) is 18.3 Å². The quantitative estimate of drug-likeness (QED) is 0.769. The summed E-state index contributed by atoms with van der Waals surface area (Å²) in [6.07, 6.45) is 4.27. The molecule has 1 aliphatic carbocycles. The molecule has 23 heavy (non-hydrogen) atoms. The molecule has 120 valence electrons. The van der Waals surface area contributed by atoms with Gasteiger partial charge in [-0.15, -0.1) is 0 Å². The highest BCUT2D eigenvalue weighted by atomic mass is 19.1. The van der Waals surface area contributed by atoms with E-state index in [0.29, 0.717) is 24.6 Å². The number of hydrogen-bond donors (Lipinski definition) is 2. The number of nitrogens with one attached hydrogen (secondary N) is 2. The minimum absolute atomic E-state index is 0.126. The minimum atomic E-state index is -0.327. The summed E-state index contributed by atoms with van der Waals surface area (Å²) < 4.78 is 13.1. The number of carbonyl (C=O) groups is 1. The van der Waals surface area contributed by atoms with Crippen LogP contribution >= 0.6 is 0 Å². The van der Waals surface area contributed by atoms with E-state index in [1.165, 1.54) is 25.0 Å². The first-order chi connectivity index (χ1) is 11.2. The maximum atomic E-state index is 13.1. The summed E-state index contributed by atoms with van der Waals surface area (Å²) in [4.78, 5) is 20.5. The van der Waals surface area contributed by atoms with Gasteiger partial charge in [0.25, 0.3) is 0 Å². The largest absolute Gasteiger partial charge is 0.368 e. The third-order valence-electron chi connectivity index (χ3n) is 3.62. The van der Waals surface area contributed by atoms with E-state index in [0.717, 1.165) is 11.6 Å². The summed E-state index contributed by atoms with van der Waals surface area (Å²) in [7, 11) is 0. The lowest BCUT2D eigenvalue weighted by Crippen LogP contribution is -2.30. The maximum absolute atomic E-state index is 13.1. The summed E-state index contributed by atoms with van der Waals surface area (Å²) in [5.74, 6) is 1.74. The number of aromatic nitrogens is 2. The molecule has 0 aliphatic heterocycles. The van der Waals surface area contributed by atoms with Gasteiger partial charge in [0.05, 0.1) is 6.42 Å².